The van der Waals surface area contributed by atoms with Crippen LogP contribution in [0.15, 0.2) is 35.0 Å². The van der Waals surface area contributed by atoms with E-state index < -0.39 is 5.97 Å². The minimum absolute atomic E-state index is 0.338. The van der Waals surface area contributed by atoms with Crippen LogP contribution in [0.25, 0.3) is 22.6 Å². The second-order valence-corrected chi connectivity index (χ2v) is 4.83. The topological polar surface area (TPSA) is 81.4 Å². The van der Waals surface area contributed by atoms with Crippen LogP contribution in [0.2, 0.25) is 0 Å². The summed E-state index contributed by atoms with van der Waals surface area (Å²) in [7, 11) is 5.04. The average Bonchev–Trinajstić information content (AvgIpc) is 2.98. The fourth-order valence-corrected chi connectivity index (χ4v) is 2.01. The summed E-state index contributed by atoms with van der Waals surface area (Å²) in [5, 5.41) is 0. The van der Waals surface area contributed by atoms with E-state index in [-0.39, 0.29) is 0 Å². The lowest BCUT2D eigenvalue weighted by Crippen LogP contribution is -2.12. The van der Waals surface area contributed by atoms with Crippen molar-refractivity contribution in [3.05, 3.63) is 36.2 Å². The third-order valence-corrected chi connectivity index (χ3v) is 3.11. The number of hydrogen-bond donors (Lipinski definition) is 0. The highest BCUT2D eigenvalue weighted by atomic mass is 16.5. The van der Waals surface area contributed by atoms with Gasteiger partial charge in [-0.3, -0.25) is 0 Å². The Kier molecular flexibility index (Phi) is 3.46. The Balaban J connectivity index is 2.07. The Morgan fingerprint density at radius 3 is 2.59 bits per heavy atom. The van der Waals surface area contributed by atoms with Gasteiger partial charge in [0.2, 0.25) is 11.8 Å². The Labute approximate surface area is 126 Å². The number of para-hydroxylation sites is 1. The second kappa shape index (κ2) is 5.44. The third kappa shape index (κ3) is 2.37. The minimum Gasteiger partial charge on any atom is -0.465 e. The van der Waals surface area contributed by atoms with E-state index in [9.17, 15) is 4.79 Å². The number of aromatic nitrogens is 3. The highest BCUT2D eigenvalue weighted by molar-refractivity contribution is 6.01. The van der Waals surface area contributed by atoms with E-state index in [0.717, 1.165) is 0 Å². The lowest BCUT2D eigenvalue weighted by molar-refractivity contribution is 0.0602. The van der Waals surface area contributed by atoms with E-state index in [2.05, 4.69) is 15.0 Å². The maximum atomic E-state index is 11.8. The molecular formula is C15H14N4O3. The number of hydrogen-bond acceptors (Lipinski definition) is 7. The van der Waals surface area contributed by atoms with Crippen LogP contribution in [-0.2, 0) is 4.74 Å². The molecule has 22 heavy (non-hydrogen) atoms. The first-order valence-electron chi connectivity index (χ1n) is 6.57. The minimum atomic E-state index is -0.465. The number of methoxy groups -OCH3 is 1. The average molecular weight is 298 g/mol. The maximum Gasteiger partial charge on any atom is 0.341 e. The Bertz CT molecular complexity index is 824. The Morgan fingerprint density at radius 1 is 1.23 bits per heavy atom. The molecule has 0 aliphatic carbocycles. The molecule has 0 spiro atoms. The highest BCUT2D eigenvalue weighted by Gasteiger charge is 2.17. The van der Waals surface area contributed by atoms with Crippen LogP contribution in [-0.4, -0.2) is 42.1 Å². The first-order chi connectivity index (χ1) is 10.6. The third-order valence-electron chi connectivity index (χ3n) is 3.11. The number of oxazole rings is 1. The number of esters is 1. The number of nitrogens with zero attached hydrogens (tertiary/aromatic N) is 4. The van der Waals surface area contributed by atoms with Crippen LogP contribution in [0, 0.1) is 0 Å². The number of fused-ring (bicyclic) bond motifs is 1. The van der Waals surface area contributed by atoms with E-state index in [0.29, 0.717) is 34.1 Å². The summed E-state index contributed by atoms with van der Waals surface area (Å²) in [6.45, 7) is 0. The molecule has 112 valence electrons. The van der Waals surface area contributed by atoms with Crippen molar-refractivity contribution in [2.24, 2.45) is 0 Å². The van der Waals surface area contributed by atoms with Gasteiger partial charge in [-0.15, -0.1) is 0 Å². The molecule has 1 aromatic carbocycles. The molecule has 3 aromatic rings. The molecule has 3 rings (SSSR count). The van der Waals surface area contributed by atoms with Crippen molar-refractivity contribution in [2.75, 3.05) is 26.1 Å². The maximum absolute atomic E-state index is 11.8. The van der Waals surface area contributed by atoms with Gasteiger partial charge in [0.05, 0.1) is 12.7 Å². The fraction of sp³-hybridized carbons (Fsp3) is 0.200. The molecule has 7 nitrogen and oxygen atoms in total. The summed E-state index contributed by atoms with van der Waals surface area (Å²) in [5.74, 6) is 0.485. The molecule has 2 heterocycles. The molecule has 7 heteroatoms. The molecule has 0 N–H and O–H groups in total. The van der Waals surface area contributed by atoms with Crippen LogP contribution >= 0.6 is 0 Å². The lowest BCUT2D eigenvalue weighted by atomic mass is 10.2. The van der Waals surface area contributed by atoms with Gasteiger partial charge in [-0.1, -0.05) is 6.07 Å². The molecule has 0 fully saturated rings. The number of carbonyl (C=O) groups is 1. The Morgan fingerprint density at radius 2 is 1.95 bits per heavy atom. The van der Waals surface area contributed by atoms with Gasteiger partial charge in [0.1, 0.15) is 11.1 Å². The fourth-order valence-electron chi connectivity index (χ4n) is 2.01. The lowest BCUT2D eigenvalue weighted by Gasteiger charge is -2.08. The summed E-state index contributed by atoms with van der Waals surface area (Å²) in [6, 6.07) is 5.13. The smallest absolute Gasteiger partial charge is 0.341 e. The van der Waals surface area contributed by atoms with Crippen LogP contribution in [0.5, 0.6) is 0 Å². The molecule has 0 saturated heterocycles. The summed E-state index contributed by atoms with van der Waals surface area (Å²) in [4.78, 5) is 26.4. The molecule has 0 saturated carbocycles. The predicted molar refractivity (Wildman–Crippen MR) is 80.7 cm³/mol. The van der Waals surface area contributed by atoms with Crippen molar-refractivity contribution in [3.63, 3.8) is 0 Å². The molecule has 2 aromatic heterocycles. The summed E-state index contributed by atoms with van der Waals surface area (Å²) in [6.07, 6.45) is 3.26. The first-order valence-corrected chi connectivity index (χ1v) is 6.57. The van der Waals surface area contributed by atoms with Crippen LogP contribution in [0.4, 0.5) is 5.95 Å². The number of ether oxygens (including phenoxy) is 1. The van der Waals surface area contributed by atoms with Crippen molar-refractivity contribution in [3.8, 4) is 11.5 Å². The van der Waals surface area contributed by atoms with E-state index in [1.807, 2.05) is 14.1 Å². The summed E-state index contributed by atoms with van der Waals surface area (Å²) < 4.78 is 10.4. The van der Waals surface area contributed by atoms with Crippen molar-refractivity contribution in [2.45, 2.75) is 0 Å². The van der Waals surface area contributed by atoms with E-state index >= 15 is 0 Å². The zero-order valence-electron chi connectivity index (χ0n) is 12.4. The summed E-state index contributed by atoms with van der Waals surface area (Å²) >= 11 is 0. The van der Waals surface area contributed by atoms with Crippen molar-refractivity contribution >= 4 is 23.0 Å². The normalized spacial score (nSPS) is 10.7. The second-order valence-electron chi connectivity index (χ2n) is 4.83. The quantitative estimate of drug-likeness (QED) is 0.685. The number of carbonyl (C=O) groups excluding carboxylic acids is 1. The predicted octanol–water partition coefficient (Wildman–Crippen LogP) is 2.14. The monoisotopic (exact) mass is 298 g/mol. The van der Waals surface area contributed by atoms with Gasteiger partial charge in [0, 0.05) is 26.5 Å². The van der Waals surface area contributed by atoms with Crippen LogP contribution in [0.1, 0.15) is 10.4 Å². The van der Waals surface area contributed by atoms with E-state index in [4.69, 9.17) is 9.15 Å². The standard InChI is InChI=1S/C15H14N4O3/c1-19(2)15-16-7-9(8-17-15)13-18-11-6-4-5-10(12(11)22-13)14(20)21-3/h4-8H,1-3H3. The Hall–Kier alpha value is -2.96. The van der Waals surface area contributed by atoms with Gasteiger partial charge < -0.3 is 14.1 Å². The molecular weight excluding hydrogens is 284 g/mol. The zero-order chi connectivity index (χ0) is 15.7. The molecule has 0 aliphatic rings. The van der Waals surface area contributed by atoms with Gasteiger partial charge in [-0.05, 0) is 12.1 Å². The van der Waals surface area contributed by atoms with Gasteiger partial charge in [-0.2, -0.15) is 0 Å². The number of anilines is 1. The molecule has 0 aliphatic heterocycles. The number of rotatable bonds is 3. The highest BCUT2D eigenvalue weighted by Crippen LogP contribution is 2.26. The van der Waals surface area contributed by atoms with Crippen molar-refractivity contribution in [1.82, 2.24) is 15.0 Å². The molecule has 0 atom stereocenters. The van der Waals surface area contributed by atoms with Gasteiger partial charge >= 0.3 is 5.97 Å². The van der Waals surface area contributed by atoms with E-state index in [1.165, 1.54) is 7.11 Å². The largest absolute Gasteiger partial charge is 0.465 e. The van der Waals surface area contributed by atoms with Crippen LogP contribution in [0.3, 0.4) is 0 Å². The van der Waals surface area contributed by atoms with Gasteiger partial charge in [0.15, 0.2) is 5.58 Å². The first kappa shape index (κ1) is 14.0. The van der Waals surface area contributed by atoms with Gasteiger partial charge in [-0.25, -0.2) is 19.7 Å². The van der Waals surface area contributed by atoms with Crippen molar-refractivity contribution < 1.29 is 13.9 Å². The van der Waals surface area contributed by atoms with Gasteiger partial charge in [0.25, 0.3) is 0 Å². The van der Waals surface area contributed by atoms with E-state index in [1.54, 1.807) is 35.5 Å². The molecule has 0 amide bonds. The van der Waals surface area contributed by atoms with Crippen LogP contribution < -0.4 is 4.90 Å². The zero-order valence-corrected chi connectivity index (χ0v) is 12.4. The molecule has 0 bridgehead atoms. The number of benzene rings is 1. The molecule has 0 radical (unpaired) electrons. The molecule has 0 unspecified atom stereocenters. The van der Waals surface area contributed by atoms with Crippen molar-refractivity contribution in [1.29, 1.82) is 0 Å². The summed E-state index contributed by atoms with van der Waals surface area (Å²) in [5.41, 5.74) is 1.94. The SMILES string of the molecule is COC(=O)c1cccc2nc(-c3cnc(N(C)C)nc3)oc12.